The minimum absolute atomic E-state index is 0.152. The van der Waals surface area contributed by atoms with Crippen molar-refractivity contribution in [2.24, 2.45) is 11.8 Å². The van der Waals surface area contributed by atoms with Gasteiger partial charge in [-0.1, -0.05) is 18.2 Å². The van der Waals surface area contributed by atoms with Crippen molar-refractivity contribution in [1.29, 1.82) is 0 Å². The predicted molar refractivity (Wildman–Crippen MR) is 166 cm³/mol. The first-order valence-electron chi connectivity index (χ1n) is 15.9. The van der Waals surface area contributed by atoms with Crippen LogP contribution in [0.3, 0.4) is 0 Å². The number of hydrogen-bond acceptors (Lipinski definition) is 3. The van der Waals surface area contributed by atoms with E-state index >= 15 is 0 Å². The molecular weight excluding hydrogens is 518 g/mol. The summed E-state index contributed by atoms with van der Waals surface area (Å²) in [4.78, 5) is 27.6. The van der Waals surface area contributed by atoms with Gasteiger partial charge >= 0.3 is 0 Å². The molecule has 4 bridgehead atoms. The lowest BCUT2D eigenvalue weighted by atomic mass is 9.82. The molecule has 0 saturated heterocycles. The number of ketones is 2. The van der Waals surface area contributed by atoms with Crippen molar-refractivity contribution >= 4 is 71.6 Å². The van der Waals surface area contributed by atoms with Crippen LogP contribution in [0.5, 0.6) is 0 Å². The van der Waals surface area contributed by atoms with E-state index in [4.69, 9.17) is 4.42 Å². The number of carbonyl (C=O) groups is 2. The number of carbonyl (C=O) groups excluding carboxylic acids is 2. The normalized spacial score (nSPS) is 25.4. The van der Waals surface area contributed by atoms with E-state index < -0.39 is 0 Å². The third kappa shape index (κ3) is 2.54. The molecule has 0 unspecified atom stereocenters. The summed E-state index contributed by atoms with van der Waals surface area (Å²) in [6.45, 7) is 0. The number of furan rings is 1. The van der Waals surface area contributed by atoms with E-state index in [0.717, 1.165) is 95.5 Å². The van der Waals surface area contributed by atoms with Crippen LogP contribution in [0, 0.1) is 11.8 Å². The van der Waals surface area contributed by atoms with Crippen molar-refractivity contribution in [2.45, 2.75) is 63.2 Å². The standard InChI is InChI=1S/C38H29NO3/c40-37-20-9-5-18(6-10-20)23-13-25-26-17-33-34(22-3-1-2-4-32(22)42-33)35-29-14-24-19-7-11-21(12-8-19)38(41)28(24)16-31(29)39(36(26)35)30(25)15-27(23)37/h1-4,13-21H,5-12H2. The lowest BCUT2D eigenvalue weighted by molar-refractivity contribution is 0.0891. The minimum Gasteiger partial charge on any atom is -0.456 e. The lowest BCUT2D eigenvalue weighted by Crippen LogP contribution is -2.15. The number of hydrogen-bond donors (Lipinski definition) is 0. The van der Waals surface area contributed by atoms with Gasteiger partial charge in [0.15, 0.2) is 11.6 Å². The Morgan fingerprint density at radius 1 is 0.548 bits per heavy atom. The molecule has 0 atom stereocenters. The molecule has 4 nitrogen and oxygen atoms in total. The van der Waals surface area contributed by atoms with Crippen molar-refractivity contribution in [2.75, 3.05) is 0 Å². The highest BCUT2D eigenvalue weighted by Crippen LogP contribution is 2.51. The van der Waals surface area contributed by atoms with Crippen LogP contribution < -0.4 is 0 Å². The molecule has 6 aliphatic rings. The first-order chi connectivity index (χ1) is 20.6. The van der Waals surface area contributed by atoms with Gasteiger partial charge in [-0.2, -0.15) is 0 Å². The highest BCUT2D eigenvalue weighted by Gasteiger charge is 2.38. The second kappa shape index (κ2) is 7.42. The van der Waals surface area contributed by atoms with Gasteiger partial charge in [0.1, 0.15) is 11.2 Å². The zero-order valence-electron chi connectivity index (χ0n) is 23.3. The summed E-state index contributed by atoms with van der Waals surface area (Å²) in [7, 11) is 0. The molecule has 0 spiro atoms. The van der Waals surface area contributed by atoms with E-state index in [9.17, 15) is 9.59 Å². The summed E-state index contributed by atoms with van der Waals surface area (Å²) in [5, 5.41) is 7.08. The Hall–Kier alpha value is -4.18. The van der Waals surface area contributed by atoms with Gasteiger partial charge < -0.3 is 8.82 Å². The molecule has 0 amide bonds. The van der Waals surface area contributed by atoms with Crippen LogP contribution in [0.25, 0.3) is 60.0 Å². The number of aromatic nitrogens is 1. The molecule has 3 aromatic heterocycles. The third-order valence-electron chi connectivity index (χ3n) is 11.8. The number of para-hydroxylation sites is 1. The molecule has 204 valence electrons. The Morgan fingerprint density at radius 3 is 1.79 bits per heavy atom. The number of nitrogens with zero attached hydrogens (tertiary/aromatic N) is 1. The fraction of sp³-hybridized carbons (Fsp3) is 0.316. The minimum atomic E-state index is 0.152. The van der Waals surface area contributed by atoms with Crippen LogP contribution in [-0.4, -0.2) is 16.0 Å². The molecule has 42 heavy (non-hydrogen) atoms. The van der Waals surface area contributed by atoms with Gasteiger partial charge in [0.2, 0.25) is 0 Å². The topological polar surface area (TPSA) is 51.7 Å². The third-order valence-corrected chi connectivity index (χ3v) is 11.8. The van der Waals surface area contributed by atoms with Gasteiger partial charge in [0.05, 0.1) is 16.6 Å². The van der Waals surface area contributed by atoms with E-state index in [1.165, 1.54) is 38.2 Å². The molecule has 0 aliphatic heterocycles. The second-order valence-electron chi connectivity index (χ2n) is 13.7. The largest absolute Gasteiger partial charge is 0.456 e. The van der Waals surface area contributed by atoms with Crippen molar-refractivity contribution in [1.82, 2.24) is 4.40 Å². The van der Waals surface area contributed by atoms with Crippen LogP contribution in [0.2, 0.25) is 0 Å². The summed E-state index contributed by atoms with van der Waals surface area (Å²) < 4.78 is 8.93. The molecule has 0 N–H and O–H groups in total. The van der Waals surface area contributed by atoms with Gasteiger partial charge in [-0.15, -0.1) is 0 Å². The van der Waals surface area contributed by atoms with Gasteiger partial charge in [0.25, 0.3) is 0 Å². The lowest BCUT2D eigenvalue weighted by Gasteiger charge is -2.22. The SMILES string of the molecule is O=C1c2cc3c(cc2C2CCC1CC2)c1cc2oc4ccccc4c2c2c4cc5c(cc4n3c12)C(=O)C1CCC5CC1. The highest BCUT2D eigenvalue weighted by molar-refractivity contribution is 6.35. The fourth-order valence-corrected chi connectivity index (χ4v) is 9.82. The van der Waals surface area contributed by atoms with Crippen molar-refractivity contribution in [3.63, 3.8) is 0 Å². The maximum absolute atomic E-state index is 13.8. The average Bonchev–Trinajstić information content (AvgIpc) is 3.56. The Kier molecular flexibility index (Phi) is 3.96. The van der Waals surface area contributed by atoms with Gasteiger partial charge in [0, 0.05) is 55.3 Å². The molecule has 7 aromatic rings. The number of benzene rings is 4. The van der Waals surface area contributed by atoms with Gasteiger partial charge in [-0.3, -0.25) is 9.59 Å². The first-order valence-corrected chi connectivity index (χ1v) is 15.9. The van der Waals surface area contributed by atoms with E-state index in [1.54, 1.807) is 0 Å². The summed E-state index contributed by atoms with van der Waals surface area (Å²) in [5.41, 5.74) is 9.51. The predicted octanol–water partition coefficient (Wildman–Crippen LogP) is 9.68. The molecule has 4 heteroatoms. The van der Waals surface area contributed by atoms with Gasteiger partial charge in [-0.05, 0) is 111 Å². The van der Waals surface area contributed by atoms with Gasteiger partial charge in [-0.25, -0.2) is 0 Å². The molecule has 3 heterocycles. The zero-order chi connectivity index (χ0) is 27.4. The quantitative estimate of drug-likeness (QED) is 0.190. The van der Waals surface area contributed by atoms with Crippen LogP contribution in [-0.2, 0) is 0 Å². The molecule has 4 aromatic carbocycles. The average molecular weight is 548 g/mol. The number of Topliss-reactive ketones (excluding diaryl/α,β-unsaturated/α-hetero) is 2. The molecular formula is C38H29NO3. The summed E-state index contributed by atoms with van der Waals surface area (Å²) in [6, 6.07) is 19.7. The maximum atomic E-state index is 13.8. The van der Waals surface area contributed by atoms with Crippen LogP contribution in [0.4, 0.5) is 0 Å². The fourth-order valence-electron chi connectivity index (χ4n) is 9.82. The second-order valence-corrected chi connectivity index (χ2v) is 13.7. The maximum Gasteiger partial charge on any atom is 0.166 e. The van der Waals surface area contributed by atoms with E-state index in [2.05, 4.69) is 52.9 Å². The molecule has 0 radical (unpaired) electrons. The summed E-state index contributed by atoms with van der Waals surface area (Å²) in [5.74, 6) is 1.87. The molecule has 6 aliphatic carbocycles. The first kappa shape index (κ1) is 22.4. The number of rotatable bonds is 0. The molecule has 2 fully saturated rings. The summed E-state index contributed by atoms with van der Waals surface area (Å²) in [6.07, 6.45) is 8.42. The Balaban J connectivity index is 1.38. The van der Waals surface area contributed by atoms with Crippen LogP contribution in [0.1, 0.15) is 95.0 Å². The Labute approximate surface area is 241 Å². The van der Waals surface area contributed by atoms with E-state index in [0.29, 0.717) is 23.4 Å². The number of fused-ring (bicyclic) bond motifs is 14. The molecule has 13 rings (SSSR count). The monoisotopic (exact) mass is 547 g/mol. The Morgan fingerprint density at radius 2 is 1.12 bits per heavy atom. The Bertz CT molecular complexity index is 2370. The summed E-state index contributed by atoms with van der Waals surface area (Å²) >= 11 is 0. The smallest absolute Gasteiger partial charge is 0.166 e. The highest BCUT2D eigenvalue weighted by atomic mass is 16.3. The van der Waals surface area contributed by atoms with Crippen LogP contribution >= 0.6 is 0 Å². The zero-order valence-corrected chi connectivity index (χ0v) is 23.3. The van der Waals surface area contributed by atoms with Crippen molar-refractivity contribution < 1.29 is 14.0 Å². The molecule has 2 saturated carbocycles. The van der Waals surface area contributed by atoms with Crippen LogP contribution in [0.15, 0.2) is 59.0 Å². The van der Waals surface area contributed by atoms with E-state index in [1.807, 2.05) is 6.07 Å². The van der Waals surface area contributed by atoms with Crippen molar-refractivity contribution in [3.8, 4) is 0 Å². The van der Waals surface area contributed by atoms with E-state index in [-0.39, 0.29) is 11.8 Å². The van der Waals surface area contributed by atoms with Crippen molar-refractivity contribution in [3.05, 3.63) is 76.9 Å².